The van der Waals surface area contributed by atoms with Crippen LogP contribution in [0.5, 0.6) is 5.75 Å². The van der Waals surface area contributed by atoms with E-state index in [4.69, 9.17) is 10.5 Å². The summed E-state index contributed by atoms with van der Waals surface area (Å²) in [5, 5.41) is 2.92. The van der Waals surface area contributed by atoms with Gasteiger partial charge < -0.3 is 15.8 Å². The van der Waals surface area contributed by atoms with E-state index in [1.807, 2.05) is 48.5 Å². The number of nitrogens with zero attached hydrogens (tertiary/aromatic N) is 1. The van der Waals surface area contributed by atoms with Crippen molar-refractivity contribution in [2.75, 3.05) is 31.2 Å². The number of amides is 1. The molecule has 25 heavy (non-hydrogen) atoms. The fourth-order valence-electron chi connectivity index (χ4n) is 2.62. The summed E-state index contributed by atoms with van der Waals surface area (Å²) < 4.78 is 5.27. The topological polar surface area (TPSA) is 67.6 Å². The smallest absolute Gasteiger partial charge is 0.238 e. The second-order valence-corrected chi connectivity index (χ2v) is 5.70. The van der Waals surface area contributed by atoms with Crippen LogP contribution in [0.25, 0.3) is 0 Å². The molecule has 0 saturated carbocycles. The van der Waals surface area contributed by atoms with Gasteiger partial charge in [-0.25, -0.2) is 0 Å². The molecule has 0 saturated heterocycles. The molecule has 0 spiro atoms. The molecule has 2 aromatic rings. The third-order valence-electron chi connectivity index (χ3n) is 3.65. The SMILES string of the molecule is CCCN(CC(=O)Nc1ccccc1OC)Cc1cccc(N)c1.Cl. The molecule has 0 fully saturated rings. The van der Waals surface area contributed by atoms with Gasteiger partial charge in [-0.15, -0.1) is 12.4 Å². The molecular formula is C19H26ClN3O2. The molecule has 0 radical (unpaired) electrons. The van der Waals surface area contributed by atoms with Gasteiger partial charge in [0, 0.05) is 12.2 Å². The first-order chi connectivity index (χ1) is 11.6. The van der Waals surface area contributed by atoms with E-state index >= 15 is 0 Å². The molecule has 0 aliphatic carbocycles. The van der Waals surface area contributed by atoms with Gasteiger partial charge in [0.1, 0.15) is 5.75 Å². The molecule has 0 unspecified atom stereocenters. The number of benzene rings is 2. The summed E-state index contributed by atoms with van der Waals surface area (Å²) in [5.41, 5.74) is 8.36. The summed E-state index contributed by atoms with van der Waals surface area (Å²) in [6.07, 6.45) is 0.976. The van der Waals surface area contributed by atoms with Gasteiger partial charge in [0.25, 0.3) is 0 Å². The summed E-state index contributed by atoms with van der Waals surface area (Å²) in [6, 6.07) is 15.2. The van der Waals surface area contributed by atoms with Gasteiger partial charge in [0.2, 0.25) is 5.91 Å². The van der Waals surface area contributed by atoms with Crippen LogP contribution >= 0.6 is 12.4 Å². The molecule has 1 amide bonds. The first kappa shape index (κ1) is 20.8. The number of hydrogen-bond acceptors (Lipinski definition) is 4. The average molecular weight is 364 g/mol. The van der Waals surface area contributed by atoms with Crippen molar-refractivity contribution >= 4 is 29.7 Å². The molecule has 2 rings (SSSR count). The summed E-state index contributed by atoms with van der Waals surface area (Å²) in [5.74, 6) is 0.598. The maximum absolute atomic E-state index is 12.4. The number of methoxy groups -OCH3 is 1. The van der Waals surface area contributed by atoms with E-state index in [0.717, 1.165) is 24.2 Å². The lowest BCUT2D eigenvalue weighted by Gasteiger charge is -2.21. The molecule has 0 aliphatic rings. The molecular weight excluding hydrogens is 338 g/mol. The van der Waals surface area contributed by atoms with E-state index < -0.39 is 0 Å². The van der Waals surface area contributed by atoms with Crippen LogP contribution in [0.1, 0.15) is 18.9 Å². The number of carbonyl (C=O) groups excluding carboxylic acids is 1. The number of nitrogens with two attached hydrogens (primary N) is 1. The molecule has 0 bridgehead atoms. The van der Waals surface area contributed by atoms with Gasteiger partial charge in [-0.2, -0.15) is 0 Å². The number of nitrogens with one attached hydrogen (secondary N) is 1. The monoisotopic (exact) mass is 363 g/mol. The summed E-state index contributed by atoms with van der Waals surface area (Å²) in [6.45, 7) is 3.96. The van der Waals surface area contributed by atoms with E-state index in [1.165, 1.54) is 0 Å². The van der Waals surface area contributed by atoms with Crippen molar-refractivity contribution in [2.24, 2.45) is 0 Å². The molecule has 2 aromatic carbocycles. The maximum Gasteiger partial charge on any atom is 0.238 e. The molecule has 5 nitrogen and oxygen atoms in total. The van der Waals surface area contributed by atoms with Crippen molar-refractivity contribution < 1.29 is 9.53 Å². The highest BCUT2D eigenvalue weighted by molar-refractivity contribution is 5.93. The van der Waals surface area contributed by atoms with Crippen LogP contribution in [0.4, 0.5) is 11.4 Å². The molecule has 0 heterocycles. The predicted octanol–water partition coefficient (Wildman–Crippen LogP) is 3.55. The van der Waals surface area contributed by atoms with E-state index in [1.54, 1.807) is 7.11 Å². The number of halogens is 1. The Morgan fingerprint density at radius 3 is 2.64 bits per heavy atom. The van der Waals surface area contributed by atoms with Crippen molar-refractivity contribution in [1.82, 2.24) is 4.90 Å². The van der Waals surface area contributed by atoms with Gasteiger partial charge in [0.15, 0.2) is 0 Å². The van der Waals surface area contributed by atoms with Gasteiger partial charge in [-0.1, -0.05) is 31.2 Å². The molecule has 0 aliphatic heterocycles. The normalized spacial score (nSPS) is 10.2. The zero-order valence-corrected chi connectivity index (χ0v) is 15.5. The maximum atomic E-state index is 12.4. The lowest BCUT2D eigenvalue weighted by atomic mass is 10.2. The van der Waals surface area contributed by atoms with Gasteiger partial charge in [-0.3, -0.25) is 9.69 Å². The number of para-hydroxylation sites is 2. The van der Waals surface area contributed by atoms with Gasteiger partial charge in [0.05, 0.1) is 19.3 Å². The van der Waals surface area contributed by atoms with Crippen molar-refractivity contribution in [1.29, 1.82) is 0 Å². The number of rotatable bonds is 8. The fraction of sp³-hybridized carbons (Fsp3) is 0.316. The van der Waals surface area contributed by atoms with Crippen molar-refractivity contribution in [3.8, 4) is 5.75 Å². The highest BCUT2D eigenvalue weighted by atomic mass is 35.5. The molecule has 0 atom stereocenters. The first-order valence-corrected chi connectivity index (χ1v) is 8.12. The minimum Gasteiger partial charge on any atom is -0.495 e. The zero-order valence-electron chi connectivity index (χ0n) is 14.7. The van der Waals surface area contributed by atoms with E-state index in [2.05, 4.69) is 17.1 Å². The van der Waals surface area contributed by atoms with Gasteiger partial charge >= 0.3 is 0 Å². The minimum atomic E-state index is -0.0585. The summed E-state index contributed by atoms with van der Waals surface area (Å²) in [4.78, 5) is 14.5. The Morgan fingerprint density at radius 2 is 1.96 bits per heavy atom. The standard InChI is InChI=1S/C19H25N3O2.ClH/c1-3-11-22(13-15-7-6-8-16(20)12-15)14-19(23)21-17-9-4-5-10-18(17)24-2;/h4-10,12H,3,11,13-14,20H2,1-2H3,(H,21,23);1H. The number of carbonyl (C=O) groups is 1. The van der Waals surface area contributed by atoms with Crippen LogP contribution < -0.4 is 15.8 Å². The molecule has 6 heteroatoms. The number of ether oxygens (including phenoxy) is 1. The second-order valence-electron chi connectivity index (χ2n) is 5.70. The minimum absolute atomic E-state index is 0. The zero-order chi connectivity index (χ0) is 17.4. The van der Waals surface area contributed by atoms with E-state index in [-0.39, 0.29) is 18.3 Å². The Balaban J connectivity index is 0.00000312. The van der Waals surface area contributed by atoms with Crippen LogP contribution in [0, 0.1) is 0 Å². The molecule has 136 valence electrons. The Bertz CT molecular complexity index is 679. The van der Waals surface area contributed by atoms with Crippen LogP contribution in [0.15, 0.2) is 48.5 Å². The fourth-order valence-corrected chi connectivity index (χ4v) is 2.62. The van der Waals surface area contributed by atoms with Crippen molar-refractivity contribution in [3.63, 3.8) is 0 Å². The highest BCUT2D eigenvalue weighted by Gasteiger charge is 2.12. The van der Waals surface area contributed by atoms with Gasteiger partial charge in [-0.05, 0) is 42.8 Å². The van der Waals surface area contributed by atoms with Crippen LogP contribution in [-0.2, 0) is 11.3 Å². The first-order valence-electron chi connectivity index (χ1n) is 8.12. The summed E-state index contributed by atoms with van der Waals surface area (Å²) >= 11 is 0. The van der Waals surface area contributed by atoms with Crippen molar-refractivity contribution in [2.45, 2.75) is 19.9 Å². The third-order valence-corrected chi connectivity index (χ3v) is 3.65. The second kappa shape index (κ2) is 10.6. The van der Waals surface area contributed by atoms with Crippen LogP contribution in [0.3, 0.4) is 0 Å². The number of hydrogen-bond donors (Lipinski definition) is 2. The largest absolute Gasteiger partial charge is 0.495 e. The molecule has 3 N–H and O–H groups in total. The lowest BCUT2D eigenvalue weighted by Crippen LogP contribution is -2.33. The van der Waals surface area contributed by atoms with E-state index in [0.29, 0.717) is 24.5 Å². The Labute approximate surface area is 155 Å². The number of anilines is 2. The van der Waals surface area contributed by atoms with E-state index in [9.17, 15) is 4.79 Å². The Morgan fingerprint density at radius 1 is 1.20 bits per heavy atom. The molecule has 0 aromatic heterocycles. The quantitative estimate of drug-likeness (QED) is 0.704. The summed E-state index contributed by atoms with van der Waals surface area (Å²) in [7, 11) is 1.59. The highest BCUT2D eigenvalue weighted by Crippen LogP contribution is 2.23. The lowest BCUT2D eigenvalue weighted by molar-refractivity contribution is -0.117. The Kier molecular flexibility index (Phi) is 8.81. The number of nitrogen functional groups attached to an aromatic ring is 1. The van der Waals surface area contributed by atoms with Crippen molar-refractivity contribution in [3.05, 3.63) is 54.1 Å². The predicted molar refractivity (Wildman–Crippen MR) is 105 cm³/mol. The Hall–Kier alpha value is -2.24. The van der Waals surface area contributed by atoms with Crippen LogP contribution in [0.2, 0.25) is 0 Å². The van der Waals surface area contributed by atoms with Crippen LogP contribution in [-0.4, -0.2) is 31.0 Å². The third kappa shape index (κ3) is 6.64. The average Bonchev–Trinajstić information content (AvgIpc) is 2.55.